The predicted octanol–water partition coefficient (Wildman–Crippen LogP) is 0.685. The van der Waals surface area contributed by atoms with Crippen LogP contribution in [0.5, 0.6) is 0 Å². The van der Waals surface area contributed by atoms with E-state index >= 15 is 0 Å². The summed E-state index contributed by atoms with van der Waals surface area (Å²) in [5, 5.41) is 9.23. The third-order valence-corrected chi connectivity index (χ3v) is 4.84. The lowest BCUT2D eigenvalue weighted by Gasteiger charge is -2.17. The highest BCUT2D eigenvalue weighted by Gasteiger charge is 2.38. The van der Waals surface area contributed by atoms with Gasteiger partial charge in [-0.2, -0.15) is 0 Å². The first kappa shape index (κ1) is 12.0. The van der Waals surface area contributed by atoms with Gasteiger partial charge in [0.05, 0.1) is 17.4 Å². The van der Waals surface area contributed by atoms with E-state index in [0.717, 1.165) is 0 Å². The lowest BCUT2D eigenvalue weighted by atomic mass is 9.86. The highest BCUT2D eigenvalue weighted by molar-refractivity contribution is 7.91. The Kier molecular flexibility index (Phi) is 3.15. The molecular formula is C11H13NO4S. The summed E-state index contributed by atoms with van der Waals surface area (Å²) in [6, 6.07) is 3.34. The van der Waals surface area contributed by atoms with Crippen molar-refractivity contribution < 1.29 is 18.3 Å². The molecule has 2 atom stereocenters. The molecule has 0 amide bonds. The quantitative estimate of drug-likeness (QED) is 0.858. The van der Waals surface area contributed by atoms with E-state index in [1.54, 1.807) is 18.3 Å². The molecule has 0 aromatic carbocycles. The molecule has 1 aromatic rings. The molecule has 0 radical (unpaired) electrons. The van der Waals surface area contributed by atoms with Crippen molar-refractivity contribution in [2.24, 2.45) is 5.92 Å². The van der Waals surface area contributed by atoms with Crippen molar-refractivity contribution in [1.29, 1.82) is 0 Å². The fraction of sp³-hybridized carbons (Fsp3) is 0.455. The van der Waals surface area contributed by atoms with Crippen LogP contribution in [-0.2, 0) is 14.6 Å². The van der Waals surface area contributed by atoms with Gasteiger partial charge in [0.25, 0.3) is 0 Å². The number of pyridine rings is 1. The Balaban J connectivity index is 2.29. The monoisotopic (exact) mass is 255 g/mol. The molecular weight excluding hydrogens is 242 g/mol. The number of hydrogen-bond acceptors (Lipinski definition) is 4. The Morgan fingerprint density at radius 2 is 2.29 bits per heavy atom. The zero-order valence-electron chi connectivity index (χ0n) is 9.11. The highest BCUT2D eigenvalue weighted by atomic mass is 32.2. The number of carboxylic acid groups (broad SMARTS) is 1. The SMILES string of the molecule is O=C(O)C(c1cccnc1)C1CCS(=O)(=O)C1. The molecule has 1 fully saturated rings. The second kappa shape index (κ2) is 4.44. The van der Waals surface area contributed by atoms with Crippen molar-refractivity contribution in [3.63, 3.8) is 0 Å². The zero-order valence-corrected chi connectivity index (χ0v) is 9.93. The van der Waals surface area contributed by atoms with Crippen LogP contribution in [0, 0.1) is 5.92 Å². The predicted molar refractivity (Wildman–Crippen MR) is 61.4 cm³/mol. The van der Waals surface area contributed by atoms with Crippen molar-refractivity contribution in [3.8, 4) is 0 Å². The molecule has 0 aliphatic carbocycles. The Labute approximate surface area is 99.4 Å². The van der Waals surface area contributed by atoms with Gasteiger partial charge in [-0.1, -0.05) is 6.07 Å². The fourth-order valence-corrected chi connectivity index (χ4v) is 4.10. The first-order chi connectivity index (χ1) is 7.99. The van der Waals surface area contributed by atoms with Crippen LogP contribution in [0.4, 0.5) is 0 Å². The number of sulfone groups is 1. The Bertz CT molecular complexity index is 512. The van der Waals surface area contributed by atoms with E-state index in [2.05, 4.69) is 4.98 Å². The molecule has 1 saturated heterocycles. The first-order valence-corrected chi connectivity index (χ1v) is 7.15. The van der Waals surface area contributed by atoms with Gasteiger partial charge in [-0.25, -0.2) is 8.42 Å². The third kappa shape index (κ3) is 2.63. The summed E-state index contributed by atoms with van der Waals surface area (Å²) in [6.45, 7) is 0. The summed E-state index contributed by atoms with van der Waals surface area (Å²) in [4.78, 5) is 15.2. The summed E-state index contributed by atoms with van der Waals surface area (Å²) in [6.07, 6.45) is 3.46. The molecule has 1 aliphatic heterocycles. The van der Waals surface area contributed by atoms with Crippen molar-refractivity contribution in [1.82, 2.24) is 4.98 Å². The molecule has 2 heterocycles. The van der Waals surface area contributed by atoms with E-state index in [1.807, 2.05) is 0 Å². The minimum absolute atomic E-state index is 0.0428. The molecule has 2 unspecified atom stereocenters. The van der Waals surface area contributed by atoms with E-state index in [-0.39, 0.29) is 17.4 Å². The number of rotatable bonds is 3. The van der Waals surface area contributed by atoms with Gasteiger partial charge in [0, 0.05) is 12.4 Å². The van der Waals surface area contributed by atoms with Gasteiger partial charge in [-0.05, 0) is 24.0 Å². The third-order valence-electron chi connectivity index (χ3n) is 3.05. The van der Waals surface area contributed by atoms with Crippen LogP contribution in [0.25, 0.3) is 0 Å². The molecule has 0 bridgehead atoms. The topological polar surface area (TPSA) is 84.3 Å². The number of nitrogens with zero attached hydrogens (tertiary/aromatic N) is 1. The largest absolute Gasteiger partial charge is 0.481 e. The standard InChI is InChI=1S/C11H13NO4S/c13-11(14)10(8-2-1-4-12-6-8)9-3-5-17(15,16)7-9/h1-2,4,6,9-10H,3,5,7H2,(H,13,14). The van der Waals surface area contributed by atoms with Gasteiger partial charge in [-0.3, -0.25) is 9.78 Å². The van der Waals surface area contributed by atoms with E-state index in [4.69, 9.17) is 0 Å². The maximum Gasteiger partial charge on any atom is 0.311 e. The van der Waals surface area contributed by atoms with Crippen LogP contribution >= 0.6 is 0 Å². The van der Waals surface area contributed by atoms with E-state index in [9.17, 15) is 18.3 Å². The molecule has 17 heavy (non-hydrogen) atoms. The molecule has 5 nitrogen and oxygen atoms in total. The smallest absolute Gasteiger partial charge is 0.311 e. The number of carboxylic acids is 1. The first-order valence-electron chi connectivity index (χ1n) is 5.33. The van der Waals surface area contributed by atoms with Gasteiger partial charge in [0.2, 0.25) is 0 Å². The summed E-state index contributed by atoms with van der Waals surface area (Å²) < 4.78 is 22.8. The van der Waals surface area contributed by atoms with Gasteiger partial charge >= 0.3 is 5.97 Å². The Morgan fingerprint density at radius 1 is 1.53 bits per heavy atom. The fourth-order valence-electron chi connectivity index (χ4n) is 2.26. The molecule has 6 heteroatoms. The molecule has 0 spiro atoms. The van der Waals surface area contributed by atoms with Crippen LogP contribution in [0.2, 0.25) is 0 Å². The normalized spacial score (nSPS) is 24.4. The van der Waals surface area contributed by atoms with Crippen molar-refractivity contribution in [2.45, 2.75) is 12.3 Å². The molecule has 2 rings (SSSR count). The zero-order chi connectivity index (χ0) is 12.5. The van der Waals surface area contributed by atoms with Crippen molar-refractivity contribution in [3.05, 3.63) is 30.1 Å². The van der Waals surface area contributed by atoms with Crippen LogP contribution in [0.15, 0.2) is 24.5 Å². The van der Waals surface area contributed by atoms with Gasteiger partial charge in [-0.15, -0.1) is 0 Å². The van der Waals surface area contributed by atoms with E-state index < -0.39 is 21.7 Å². The molecule has 1 aliphatic rings. The molecule has 1 N–H and O–H groups in total. The lowest BCUT2D eigenvalue weighted by molar-refractivity contribution is -0.140. The van der Waals surface area contributed by atoms with Gasteiger partial charge < -0.3 is 5.11 Å². The average Bonchev–Trinajstić information content (AvgIpc) is 2.60. The highest BCUT2D eigenvalue weighted by Crippen LogP contribution is 2.33. The number of hydrogen-bond donors (Lipinski definition) is 1. The second-order valence-corrected chi connectivity index (χ2v) is 6.49. The van der Waals surface area contributed by atoms with Crippen molar-refractivity contribution in [2.75, 3.05) is 11.5 Å². The van der Waals surface area contributed by atoms with Crippen LogP contribution < -0.4 is 0 Å². The van der Waals surface area contributed by atoms with Gasteiger partial charge in [0.15, 0.2) is 9.84 Å². The second-order valence-electron chi connectivity index (χ2n) is 4.27. The van der Waals surface area contributed by atoms with Crippen molar-refractivity contribution >= 4 is 15.8 Å². The summed E-state index contributed by atoms with van der Waals surface area (Å²) in [5.74, 6) is -2.07. The average molecular weight is 255 g/mol. The molecule has 1 aromatic heterocycles. The Hall–Kier alpha value is -1.43. The summed E-state index contributed by atoms with van der Waals surface area (Å²) in [5.41, 5.74) is 0.571. The number of carbonyl (C=O) groups is 1. The van der Waals surface area contributed by atoms with Gasteiger partial charge in [0.1, 0.15) is 0 Å². The van der Waals surface area contributed by atoms with Crippen LogP contribution in [0.1, 0.15) is 17.9 Å². The minimum Gasteiger partial charge on any atom is -0.481 e. The van der Waals surface area contributed by atoms with E-state index in [1.165, 1.54) is 6.20 Å². The number of aromatic nitrogens is 1. The van der Waals surface area contributed by atoms with Crippen LogP contribution in [-0.4, -0.2) is 36.0 Å². The van der Waals surface area contributed by atoms with E-state index in [0.29, 0.717) is 12.0 Å². The summed E-state index contributed by atoms with van der Waals surface area (Å²) >= 11 is 0. The maximum atomic E-state index is 11.4. The number of aliphatic carboxylic acids is 1. The Morgan fingerprint density at radius 3 is 2.76 bits per heavy atom. The summed E-state index contributed by atoms with van der Waals surface area (Å²) in [7, 11) is -3.07. The minimum atomic E-state index is -3.07. The molecule has 0 saturated carbocycles. The lowest BCUT2D eigenvalue weighted by Crippen LogP contribution is -2.22. The van der Waals surface area contributed by atoms with Crippen LogP contribution in [0.3, 0.4) is 0 Å². The molecule has 92 valence electrons. The maximum absolute atomic E-state index is 11.4.